The van der Waals surface area contributed by atoms with Crippen LogP contribution in [-0.2, 0) is 13.1 Å². The van der Waals surface area contributed by atoms with Crippen molar-refractivity contribution in [3.63, 3.8) is 0 Å². The van der Waals surface area contributed by atoms with Crippen LogP contribution in [0.25, 0.3) is 0 Å². The summed E-state index contributed by atoms with van der Waals surface area (Å²) in [6, 6.07) is 6.91. The van der Waals surface area contributed by atoms with Crippen LogP contribution in [0.3, 0.4) is 0 Å². The molecule has 0 aliphatic carbocycles. The summed E-state index contributed by atoms with van der Waals surface area (Å²) in [5.41, 5.74) is 1.31. The van der Waals surface area contributed by atoms with Crippen molar-refractivity contribution in [3.8, 4) is 6.07 Å². The van der Waals surface area contributed by atoms with Gasteiger partial charge in [0.05, 0.1) is 18.2 Å². The van der Waals surface area contributed by atoms with Gasteiger partial charge in [-0.05, 0) is 37.1 Å². The Balaban J connectivity index is 1.75. The number of nitriles is 1. The van der Waals surface area contributed by atoms with Gasteiger partial charge >= 0.3 is 0 Å². The molecular weight excluding hydrogens is 281 g/mol. The van der Waals surface area contributed by atoms with Gasteiger partial charge < -0.3 is 0 Å². The number of likely N-dealkylation sites (tertiary alicyclic amines) is 1. The maximum absolute atomic E-state index is 13.3. The lowest BCUT2D eigenvalue weighted by molar-refractivity contribution is 0.122. The highest BCUT2D eigenvalue weighted by molar-refractivity contribution is 5.37. The summed E-state index contributed by atoms with van der Waals surface area (Å²) < 4.78 is 15.1. The van der Waals surface area contributed by atoms with Crippen LogP contribution in [0.1, 0.15) is 30.4 Å². The van der Waals surface area contributed by atoms with Gasteiger partial charge in [-0.15, -0.1) is 0 Å². The summed E-state index contributed by atoms with van der Waals surface area (Å²) in [4.78, 5) is 6.34. The molecule has 0 bridgehead atoms. The van der Waals surface area contributed by atoms with E-state index in [0.717, 1.165) is 31.5 Å². The zero-order chi connectivity index (χ0) is 15.4. The molecule has 1 saturated heterocycles. The van der Waals surface area contributed by atoms with Crippen LogP contribution in [0.5, 0.6) is 0 Å². The fourth-order valence-electron chi connectivity index (χ4n) is 3.03. The van der Waals surface area contributed by atoms with E-state index in [1.54, 1.807) is 18.7 Å². The number of hydrogen-bond donors (Lipinski definition) is 0. The Labute approximate surface area is 129 Å². The van der Waals surface area contributed by atoms with E-state index in [4.69, 9.17) is 0 Å². The molecule has 0 radical (unpaired) electrons. The van der Waals surface area contributed by atoms with Crippen molar-refractivity contribution in [2.75, 3.05) is 6.54 Å². The molecule has 1 aromatic carbocycles. The van der Waals surface area contributed by atoms with Crippen molar-refractivity contribution in [2.45, 2.75) is 38.4 Å². The molecule has 1 atom stereocenters. The summed E-state index contributed by atoms with van der Waals surface area (Å²) in [6.07, 6.45) is 6.72. The first-order chi connectivity index (χ1) is 10.8. The number of aromatic nitrogens is 3. The normalized spacial score (nSPS) is 19.0. The number of rotatable bonds is 4. The van der Waals surface area contributed by atoms with E-state index in [0.29, 0.717) is 18.2 Å². The van der Waals surface area contributed by atoms with E-state index < -0.39 is 0 Å². The SMILES string of the molecule is N#Cc1cc(F)ccc1CN1CCCC[C@@H]1Cn1cncn1. The molecule has 1 aliphatic heterocycles. The predicted octanol–water partition coefficient (Wildman–Crippen LogP) is 2.34. The smallest absolute Gasteiger partial charge is 0.137 e. The third-order valence-electron chi connectivity index (χ3n) is 4.18. The Morgan fingerprint density at radius 1 is 1.36 bits per heavy atom. The predicted molar refractivity (Wildman–Crippen MR) is 79.2 cm³/mol. The van der Waals surface area contributed by atoms with Gasteiger partial charge in [-0.25, -0.2) is 9.37 Å². The third kappa shape index (κ3) is 3.31. The molecule has 114 valence electrons. The highest BCUT2D eigenvalue weighted by Gasteiger charge is 2.23. The van der Waals surface area contributed by atoms with E-state index in [1.165, 1.54) is 18.6 Å². The summed E-state index contributed by atoms with van der Waals surface area (Å²) >= 11 is 0. The maximum atomic E-state index is 13.3. The van der Waals surface area contributed by atoms with Crippen molar-refractivity contribution in [1.29, 1.82) is 5.26 Å². The minimum atomic E-state index is -0.363. The summed E-state index contributed by atoms with van der Waals surface area (Å²) in [5, 5.41) is 13.4. The first-order valence-electron chi connectivity index (χ1n) is 7.51. The van der Waals surface area contributed by atoms with E-state index in [2.05, 4.69) is 21.1 Å². The van der Waals surface area contributed by atoms with Gasteiger partial charge in [0, 0.05) is 12.6 Å². The number of halogens is 1. The molecular formula is C16H18FN5. The molecule has 1 aliphatic rings. The number of hydrogen-bond acceptors (Lipinski definition) is 4. The molecule has 0 unspecified atom stereocenters. The van der Waals surface area contributed by atoms with Crippen LogP contribution in [0, 0.1) is 17.1 Å². The largest absolute Gasteiger partial charge is 0.294 e. The first kappa shape index (κ1) is 14.7. The third-order valence-corrected chi connectivity index (χ3v) is 4.18. The highest BCUT2D eigenvalue weighted by atomic mass is 19.1. The monoisotopic (exact) mass is 299 g/mol. The molecule has 2 aromatic rings. The summed E-state index contributed by atoms with van der Waals surface area (Å²) in [6.45, 7) is 2.45. The van der Waals surface area contributed by atoms with Gasteiger partial charge in [-0.3, -0.25) is 9.58 Å². The molecule has 0 saturated carbocycles. The fourth-order valence-corrected chi connectivity index (χ4v) is 3.03. The lowest BCUT2D eigenvalue weighted by atomic mass is 10.00. The Kier molecular flexibility index (Phi) is 4.45. The van der Waals surface area contributed by atoms with Crippen molar-refractivity contribution in [1.82, 2.24) is 19.7 Å². The van der Waals surface area contributed by atoms with E-state index in [1.807, 2.05) is 4.68 Å². The van der Waals surface area contributed by atoms with Crippen LogP contribution in [0.4, 0.5) is 4.39 Å². The Morgan fingerprint density at radius 3 is 3.05 bits per heavy atom. The molecule has 22 heavy (non-hydrogen) atoms. The van der Waals surface area contributed by atoms with Crippen molar-refractivity contribution >= 4 is 0 Å². The molecule has 3 rings (SSSR count). The average Bonchev–Trinajstić information content (AvgIpc) is 3.04. The van der Waals surface area contributed by atoms with Gasteiger partial charge in [0.1, 0.15) is 18.5 Å². The number of nitrogens with zero attached hydrogens (tertiary/aromatic N) is 5. The van der Waals surface area contributed by atoms with Crippen LogP contribution in [-0.4, -0.2) is 32.3 Å². The van der Waals surface area contributed by atoms with Gasteiger partial charge in [-0.2, -0.15) is 10.4 Å². The van der Waals surface area contributed by atoms with E-state index in [9.17, 15) is 9.65 Å². The Morgan fingerprint density at radius 2 is 2.27 bits per heavy atom. The molecule has 0 spiro atoms. The topological polar surface area (TPSA) is 57.7 Å². The van der Waals surface area contributed by atoms with Crippen LogP contribution in [0.15, 0.2) is 30.9 Å². The van der Waals surface area contributed by atoms with Crippen LogP contribution >= 0.6 is 0 Å². The Bertz CT molecular complexity index is 662. The second-order valence-corrected chi connectivity index (χ2v) is 5.65. The quantitative estimate of drug-likeness (QED) is 0.869. The van der Waals surface area contributed by atoms with Crippen LogP contribution < -0.4 is 0 Å². The minimum Gasteiger partial charge on any atom is -0.294 e. The summed E-state index contributed by atoms with van der Waals surface area (Å²) in [5.74, 6) is -0.363. The van der Waals surface area contributed by atoms with Crippen LogP contribution in [0.2, 0.25) is 0 Å². The van der Waals surface area contributed by atoms with Gasteiger partial charge in [0.25, 0.3) is 0 Å². The molecule has 6 heteroatoms. The molecule has 1 fully saturated rings. The second-order valence-electron chi connectivity index (χ2n) is 5.65. The molecule has 1 aromatic heterocycles. The molecule has 0 N–H and O–H groups in total. The zero-order valence-corrected chi connectivity index (χ0v) is 12.3. The number of benzene rings is 1. The summed E-state index contributed by atoms with van der Waals surface area (Å²) in [7, 11) is 0. The highest BCUT2D eigenvalue weighted by Crippen LogP contribution is 2.22. The second kappa shape index (κ2) is 6.67. The average molecular weight is 299 g/mol. The standard InChI is InChI=1S/C16H18FN5/c17-15-5-4-13(14(7-15)8-18)9-21-6-2-1-3-16(21)10-22-12-19-11-20-22/h4-5,7,11-12,16H,1-3,6,9-10H2/t16-/m1/s1. The number of piperidine rings is 1. The van der Waals surface area contributed by atoms with Gasteiger partial charge in [-0.1, -0.05) is 12.5 Å². The van der Waals surface area contributed by atoms with Crippen molar-refractivity contribution in [2.24, 2.45) is 0 Å². The van der Waals surface area contributed by atoms with Crippen molar-refractivity contribution < 1.29 is 4.39 Å². The molecule has 0 amide bonds. The van der Waals surface area contributed by atoms with Gasteiger partial charge in [0.15, 0.2) is 0 Å². The molecule has 2 heterocycles. The lowest BCUT2D eigenvalue weighted by Gasteiger charge is -2.35. The van der Waals surface area contributed by atoms with E-state index in [-0.39, 0.29) is 5.82 Å². The zero-order valence-electron chi connectivity index (χ0n) is 12.3. The molecule has 5 nitrogen and oxygen atoms in total. The van der Waals surface area contributed by atoms with E-state index >= 15 is 0 Å². The van der Waals surface area contributed by atoms with Gasteiger partial charge in [0.2, 0.25) is 0 Å². The minimum absolute atomic E-state index is 0.363. The van der Waals surface area contributed by atoms with Crippen molar-refractivity contribution in [3.05, 3.63) is 47.8 Å². The lowest BCUT2D eigenvalue weighted by Crippen LogP contribution is -2.41. The first-order valence-corrected chi connectivity index (χ1v) is 7.51. The fraction of sp³-hybridized carbons (Fsp3) is 0.438. The maximum Gasteiger partial charge on any atom is 0.137 e. The Hall–Kier alpha value is -2.26.